The number of aromatic nitrogens is 4. The van der Waals surface area contributed by atoms with Gasteiger partial charge in [0.2, 0.25) is 0 Å². The molecule has 10 nitrogen and oxygen atoms in total. The molecule has 2 aromatic heterocycles. The Labute approximate surface area is 213 Å². The lowest BCUT2D eigenvalue weighted by molar-refractivity contribution is 0.0710. The van der Waals surface area contributed by atoms with Gasteiger partial charge in [-0.15, -0.1) is 0 Å². The topological polar surface area (TPSA) is 112 Å². The third-order valence-corrected chi connectivity index (χ3v) is 7.31. The van der Waals surface area contributed by atoms with E-state index in [0.717, 1.165) is 37.8 Å². The van der Waals surface area contributed by atoms with Crippen molar-refractivity contribution in [2.24, 2.45) is 13.0 Å². The molecular weight excluding hydrogens is 460 g/mol. The molecule has 2 amide bonds. The van der Waals surface area contributed by atoms with Gasteiger partial charge in [0.05, 0.1) is 23.5 Å². The number of alkyl carbamates (subject to hydrolysis) is 1. The molecule has 2 fully saturated rings. The van der Waals surface area contributed by atoms with E-state index in [1.54, 1.807) is 24.9 Å². The molecular formula is C26H40N6O4. The fourth-order valence-electron chi connectivity index (χ4n) is 4.90. The molecule has 0 spiro atoms. The van der Waals surface area contributed by atoms with Crippen molar-refractivity contribution in [2.75, 3.05) is 12.4 Å². The van der Waals surface area contributed by atoms with E-state index in [4.69, 9.17) is 14.6 Å². The van der Waals surface area contributed by atoms with Gasteiger partial charge in [-0.25, -0.2) is 9.48 Å². The average Bonchev–Trinajstić information content (AvgIpc) is 3.19. The van der Waals surface area contributed by atoms with Gasteiger partial charge in [-0.2, -0.15) is 10.2 Å². The van der Waals surface area contributed by atoms with Crippen LogP contribution in [0.2, 0.25) is 0 Å². The van der Waals surface area contributed by atoms with Crippen LogP contribution in [0.5, 0.6) is 0 Å². The molecule has 3 atom stereocenters. The average molecular weight is 501 g/mol. The van der Waals surface area contributed by atoms with E-state index in [-0.39, 0.29) is 41.0 Å². The minimum Gasteiger partial charge on any atom is -0.446 e. The minimum atomic E-state index is -0.322. The molecule has 2 saturated carbocycles. The summed E-state index contributed by atoms with van der Waals surface area (Å²) in [6.45, 7) is 10.6. The number of ether oxygens (including phenoxy) is 2. The van der Waals surface area contributed by atoms with Gasteiger partial charge in [-0.1, -0.05) is 0 Å². The predicted octanol–water partition coefficient (Wildman–Crippen LogP) is 4.32. The molecule has 2 aliphatic rings. The second kappa shape index (κ2) is 9.88. The minimum absolute atomic E-state index is 0.0868. The second-order valence-electron chi connectivity index (χ2n) is 11.6. The maximum absolute atomic E-state index is 13.1. The molecule has 2 heterocycles. The van der Waals surface area contributed by atoms with Crippen LogP contribution < -0.4 is 10.6 Å². The van der Waals surface area contributed by atoms with Crippen molar-refractivity contribution in [1.29, 1.82) is 0 Å². The Balaban J connectivity index is 1.44. The van der Waals surface area contributed by atoms with Crippen molar-refractivity contribution in [3.05, 3.63) is 29.2 Å². The van der Waals surface area contributed by atoms with Crippen LogP contribution in [0.4, 0.5) is 10.6 Å². The summed E-state index contributed by atoms with van der Waals surface area (Å²) in [5.41, 5.74) is 1.70. The Morgan fingerprint density at radius 1 is 1.22 bits per heavy atom. The fourth-order valence-corrected chi connectivity index (χ4v) is 4.90. The number of nitrogens with zero attached hydrogens (tertiary/aromatic N) is 4. The van der Waals surface area contributed by atoms with Crippen molar-refractivity contribution in [3.8, 4) is 0 Å². The Morgan fingerprint density at radius 2 is 1.94 bits per heavy atom. The van der Waals surface area contributed by atoms with Crippen LogP contribution >= 0.6 is 0 Å². The van der Waals surface area contributed by atoms with Crippen molar-refractivity contribution in [1.82, 2.24) is 24.9 Å². The molecule has 2 aliphatic carbocycles. The highest BCUT2D eigenvalue weighted by Crippen LogP contribution is 2.41. The number of rotatable bonds is 8. The Hall–Kier alpha value is -2.88. The molecule has 10 heteroatoms. The maximum Gasteiger partial charge on any atom is 0.407 e. The lowest BCUT2D eigenvalue weighted by Gasteiger charge is -2.22. The first kappa shape index (κ1) is 26.2. The maximum atomic E-state index is 13.1. The summed E-state index contributed by atoms with van der Waals surface area (Å²) in [5.74, 6) is 0.932. The normalized spacial score (nSPS) is 21.8. The highest BCUT2D eigenvalue weighted by atomic mass is 16.6. The number of hydrogen-bond acceptors (Lipinski definition) is 6. The molecule has 4 rings (SSSR count). The van der Waals surface area contributed by atoms with Crippen LogP contribution in [0.25, 0.3) is 0 Å². The standard InChI is InChI=1S/C26H40N6O4/c1-16(36-24(34)28-26(5)10-11-26)17-8-9-18(12-17)20-14-22(32(30-20)25(2,3)4)27-23(33)21-13-19(15-35-7)29-31(21)6/h13-14,16-18H,8-12,15H2,1-7H3,(H,27,33)(H,28,34)/t16?,17-,18+/m1/s1. The van der Waals surface area contributed by atoms with Gasteiger partial charge in [-0.3, -0.25) is 9.48 Å². The van der Waals surface area contributed by atoms with E-state index < -0.39 is 0 Å². The summed E-state index contributed by atoms with van der Waals surface area (Å²) in [7, 11) is 3.34. The third-order valence-electron chi connectivity index (χ3n) is 7.31. The van der Waals surface area contributed by atoms with E-state index in [0.29, 0.717) is 23.8 Å². The van der Waals surface area contributed by atoms with Gasteiger partial charge in [0.1, 0.15) is 17.6 Å². The SMILES string of the molecule is COCc1cc(C(=O)Nc2cc([C@H]3CC[C@@H](C(C)OC(=O)NC4(C)CC4)C3)nn2C(C)(C)C)n(C)n1. The molecule has 0 saturated heterocycles. The van der Waals surface area contributed by atoms with E-state index in [1.807, 2.05) is 24.6 Å². The van der Waals surface area contributed by atoms with Crippen molar-refractivity contribution >= 4 is 17.8 Å². The number of anilines is 1. The van der Waals surface area contributed by atoms with Crippen molar-refractivity contribution in [2.45, 2.75) is 96.4 Å². The van der Waals surface area contributed by atoms with E-state index in [2.05, 4.69) is 36.5 Å². The highest BCUT2D eigenvalue weighted by molar-refractivity contribution is 6.02. The molecule has 2 N–H and O–H groups in total. The number of hydrogen-bond donors (Lipinski definition) is 2. The van der Waals surface area contributed by atoms with Gasteiger partial charge in [-0.05, 0) is 78.7 Å². The van der Waals surface area contributed by atoms with Crippen LogP contribution in [0.3, 0.4) is 0 Å². The molecule has 0 aliphatic heterocycles. The Bertz CT molecular complexity index is 1110. The lowest BCUT2D eigenvalue weighted by Crippen LogP contribution is -2.37. The van der Waals surface area contributed by atoms with E-state index in [1.165, 1.54) is 0 Å². The zero-order valence-corrected chi connectivity index (χ0v) is 22.6. The summed E-state index contributed by atoms with van der Waals surface area (Å²) >= 11 is 0. The molecule has 2 aromatic rings. The van der Waals surface area contributed by atoms with Gasteiger partial charge < -0.3 is 20.1 Å². The zero-order valence-electron chi connectivity index (χ0n) is 22.6. The molecule has 0 bridgehead atoms. The van der Waals surface area contributed by atoms with Gasteiger partial charge in [0.25, 0.3) is 5.91 Å². The number of nitrogens with one attached hydrogen (secondary N) is 2. The molecule has 0 radical (unpaired) electrons. The summed E-state index contributed by atoms with van der Waals surface area (Å²) in [6.07, 6.45) is 4.36. The number of methoxy groups -OCH3 is 1. The third kappa shape index (κ3) is 5.91. The number of amides is 2. The first-order valence-corrected chi connectivity index (χ1v) is 12.8. The summed E-state index contributed by atoms with van der Waals surface area (Å²) in [4.78, 5) is 25.4. The first-order valence-electron chi connectivity index (χ1n) is 12.8. The van der Waals surface area contributed by atoms with Gasteiger partial charge in [0, 0.05) is 31.7 Å². The second-order valence-corrected chi connectivity index (χ2v) is 11.6. The Morgan fingerprint density at radius 3 is 2.58 bits per heavy atom. The van der Waals surface area contributed by atoms with E-state index >= 15 is 0 Å². The summed E-state index contributed by atoms with van der Waals surface area (Å²) in [5, 5.41) is 15.3. The summed E-state index contributed by atoms with van der Waals surface area (Å²) in [6, 6.07) is 3.72. The zero-order chi connectivity index (χ0) is 26.3. The van der Waals surface area contributed by atoms with Gasteiger partial charge >= 0.3 is 6.09 Å². The van der Waals surface area contributed by atoms with Crippen LogP contribution in [-0.2, 0) is 28.7 Å². The van der Waals surface area contributed by atoms with Crippen LogP contribution in [-0.4, -0.2) is 50.3 Å². The quantitative estimate of drug-likeness (QED) is 0.558. The van der Waals surface area contributed by atoms with Crippen molar-refractivity contribution < 1.29 is 19.1 Å². The number of carbonyl (C=O) groups excluding carboxylic acids is 2. The Kier molecular flexibility index (Phi) is 7.19. The smallest absolute Gasteiger partial charge is 0.407 e. The molecule has 0 aromatic carbocycles. The van der Waals surface area contributed by atoms with Gasteiger partial charge in [0.15, 0.2) is 0 Å². The predicted molar refractivity (Wildman–Crippen MR) is 136 cm³/mol. The van der Waals surface area contributed by atoms with Crippen LogP contribution in [0.15, 0.2) is 12.1 Å². The lowest BCUT2D eigenvalue weighted by atomic mass is 9.98. The monoisotopic (exact) mass is 500 g/mol. The largest absolute Gasteiger partial charge is 0.446 e. The van der Waals surface area contributed by atoms with Crippen LogP contribution in [0.1, 0.15) is 94.5 Å². The molecule has 198 valence electrons. The van der Waals surface area contributed by atoms with E-state index in [9.17, 15) is 9.59 Å². The van der Waals surface area contributed by atoms with Crippen LogP contribution in [0, 0.1) is 5.92 Å². The molecule has 36 heavy (non-hydrogen) atoms. The highest BCUT2D eigenvalue weighted by Gasteiger charge is 2.40. The summed E-state index contributed by atoms with van der Waals surface area (Å²) < 4.78 is 14.3. The number of carbonyl (C=O) groups is 2. The fraction of sp³-hybridized carbons (Fsp3) is 0.692. The molecule has 1 unspecified atom stereocenters. The van der Waals surface area contributed by atoms with Crippen molar-refractivity contribution in [3.63, 3.8) is 0 Å². The first-order chi connectivity index (χ1) is 16.9. The number of aryl methyl sites for hydroxylation is 1.